The molecule has 2 aromatic rings. The number of nitrogens with zero attached hydrogens (tertiary/aromatic N) is 4. The van der Waals surface area contributed by atoms with Crippen LogP contribution in [0.15, 0.2) is 17.8 Å². The quantitative estimate of drug-likeness (QED) is 0.912. The van der Waals surface area contributed by atoms with Crippen LogP contribution in [0.3, 0.4) is 0 Å². The van der Waals surface area contributed by atoms with Crippen molar-refractivity contribution in [1.82, 2.24) is 19.7 Å². The lowest BCUT2D eigenvalue weighted by Gasteiger charge is -2.31. The van der Waals surface area contributed by atoms with Crippen LogP contribution in [0.4, 0.5) is 0 Å². The van der Waals surface area contributed by atoms with Crippen molar-refractivity contribution in [2.75, 3.05) is 19.7 Å². The van der Waals surface area contributed by atoms with Crippen molar-refractivity contribution >= 4 is 17.3 Å². The van der Waals surface area contributed by atoms with Gasteiger partial charge < -0.3 is 9.84 Å². The Hall–Kier alpha value is -1.77. The largest absolute Gasteiger partial charge is 0.476 e. The molecule has 1 fully saturated rings. The molecule has 3 rings (SSSR count). The number of carboxylic acids is 1. The van der Waals surface area contributed by atoms with Gasteiger partial charge >= 0.3 is 5.97 Å². The molecular formula is C13H16N4O3S. The van der Waals surface area contributed by atoms with E-state index in [-0.39, 0.29) is 11.8 Å². The third kappa shape index (κ3) is 3.29. The molecule has 1 unspecified atom stereocenters. The van der Waals surface area contributed by atoms with Gasteiger partial charge in [0.25, 0.3) is 0 Å². The van der Waals surface area contributed by atoms with Crippen molar-refractivity contribution < 1.29 is 14.6 Å². The minimum absolute atomic E-state index is 0.0861. The lowest BCUT2D eigenvalue weighted by Crippen LogP contribution is -2.37. The molecule has 1 atom stereocenters. The Balaban J connectivity index is 1.66. The summed E-state index contributed by atoms with van der Waals surface area (Å²) in [5.74, 6) is -1.000. The molecule has 0 aromatic carbocycles. The van der Waals surface area contributed by atoms with Crippen molar-refractivity contribution in [2.24, 2.45) is 7.05 Å². The van der Waals surface area contributed by atoms with Gasteiger partial charge in [-0.3, -0.25) is 9.58 Å². The number of aromatic nitrogens is 3. The Kier molecular flexibility index (Phi) is 4.00. The minimum Gasteiger partial charge on any atom is -0.476 e. The standard InChI is InChI=1S/C13H16N4O3S/c1-16-5-9(4-14-16)6-17-2-3-20-11(7-17)12-15-10(8-21-12)13(18)19/h4-5,8,11H,2-3,6-7H2,1H3,(H,18,19). The van der Waals surface area contributed by atoms with Gasteiger partial charge in [0.05, 0.1) is 12.8 Å². The first-order valence-corrected chi connectivity index (χ1v) is 7.50. The zero-order valence-corrected chi connectivity index (χ0v) is 12.4. The SMILES string of the molecule is Cn1cc(CN2CCOC(c3nc(C(=O)O)cs3)C2)cn1. The van der Waals surface area contributed by atoms with Gasteiger partial charge in [0.2, 0.25) is 0 Å². The van der Waals surface area contributed by atoms with E-state index in [0.29, 0.717) is 13.2 Å². The van der Waals surface area contributed by atoms with Crippen molar-refractivity contribution in [3.8, 4) is 0 Å². The molecule has 112 valence electrons. The Morgan fingerprint density at radius 2 is 2.48 bits per heavy atom. The van der Waals surface area contributed by atoms with E-state index in [4.69, 9.17) is 9.84 Å². The highest BCUT2D eigenvalue weighted by atomic mass is 32.1. The molecule has 0 bridgehead atoms. The number of aryl methyl sites for hydroxylation is 1. The minimum atomic E-state index is -1.000. The fraction of sp³-hybridized carbons (Fsp3) is 0.462. The van der Waals surface area contributed by atoms with Gasteiger partial charge in [-0.25, -0.2) is 9.78 Å². The fourth-order valence-electron chi connectivity index (χ4n) is 2.34. The van der Waals surface area contributed by atoms with E-state index < -0.39 is 5.97 Å². The van der Waals surface area contributed by atoms with E-state index >= 15 is 0 Å². The molecule has 7 nitrogen and oxygen atoms in total. The number of carboxylic acid groups (broad SMARTS) is 1. The molecular weight excluding hydrogens is 292 g/mol. The van der Waals surface area contributed by atoms with Crippen LogP contribution in [0.25, 0.3) is 0 Å². The lowest BCUT2D eigenvalue weighted by atomic mass is 10.2. The van der Waals surface area contributed by atoms with Crippen LogP contribution < -0.4 is 0 Å². The van der Waals surface area contributed by atoms with E-state index in [1.807, 2.05) is 19.4 Å². The first-order chi connectivity index (χ1) is 10.1. The van der Waals surface area contributed by atoms with Gasteiger partial charge in [-0.2, -0.15) is 5.10 Å². The maximum Gasteiger partial charge on any atom is 0.355 e. The van der Waals surface area contributed by atoms with Crippen LogP contribution in [0, 0.1) is 0 Å². The molecule has 21 heavy (non-hydrogen) atoms. The van der Waals surface area contributed by atoms with Gasteiger partial charge in [0, 0.05) is 43.8 Å². The molecule has 3 heterocycles. The number of thiazole rings is 1. The van der Waals surface area contributed by atoms with Gasteiger partial charge in [-0.1, -0.05) is 0 Å². The second kappa shape index (κ2) is 5.92. The first kappa shape index (κ1) is 14.2. The third-order valence-electron chi connectivity index (χ3n) is 3.33. The summed E-state index contributed by atoms with van der Waals surface area (Å²) in [5.41, 5.74) is 1.24. The number of rotatable bonds is 4. The summed E-state index contributed by atoms with van der Waals surface area (Å²) in [4.78, 5) is 17.3. The Morgan fingerprint density at radius 3 is 3.14 bits per heavy atom. The highest BCUT2D eigenvalue weighted by Gasteiger charge is 2.25. The summed E-state index contributed by atoms with van der Waals surface area (Å²) in [5, 5.41) is 15.4. The first-order valence-electron chi connectivity index (χ1n) is 6.62. The van der Waals surface area contributed by atoms with Crippen molar-refractivity contribution in [2.45, 2.75) is 12.6 Å². The molecule has 8 heteroatoms. The number of morpholine rings is 1. The average molecular weight is 308 g/mol. The van der Waals surface area contributed by atoms with E-state index in [9.17, 15) is 4.79 Å². The molecule has 1 saturated heterocycles. The smallest absolute Gasteiger partial charge is 0.355 e. The summed E-state index contributed by atoms with van der Waals surface area (Å²) in [6.45, 7) is 2.99. The van der Waals surface area contributed by atoms with Crippen molar-refractivity contribution in [1.29, 1.82) is 0 Å². The normalized spacial score (nSPS) is 19.8. The summed E-state index contributed by atoms with van der Waals surface area (Å²) in [6, 6.07) is 0. The zero-order chi connectivity index (χ0) is 14.8. The van der Waals surface area contributed by atoms with Crippen LogP contribution in [0.1, 0.15) is 27.2 Å². The van der Waals surface area contributed by atoms with Crippen LogP contribution in [-0.2, 0) is 18.3 Å². The lowest BCUT2D eigenvalue weighted by molar-refractivity contribution is -0.0330. The summed E-state index contributed by atoms with van der Waals surface area (Å²) in [6.07, 6.45) is 3.70. The average Bonchev–Trinajstić information content (AvgIpc) is 3.08. The van der Waals surface area contributed by atoms with Gasteiger partial charge in [0.1, 0.15) is 11.1 Å². The molecule has 1 aliphatic heterocycles. The topological polar surface area (TPSA) is 80.5 Å². The molecule has 0 amide bonds. The highest BCUT2D eigenvalue weighted by molar-refractivity contribution is 7.09. The summed E-state index contributed by atoms with van der Waals surface area (Å²) >= 11 is 1.34. The van der Waals surface area contributed by atoms with Gasteiger partial charge in [-0.15, -0.1) is 11.3 Å². The third-order valence-corrected chi connectivity index (χ3v) is 4.27. The van der Waals surface area contributed by atoms with Crippen LogP contribution >= 0.6 is 11.3 Å². The highest BCUT2D eigenvalue weighted by Crippen LogP contribution is 2.26. The second-order valence-electron chi connectivity index (χ2n) is 4.99. The predicted octanol–water partition coefficient (Wildman–Crippen LogP) is 1.15. The maximum atomic E-state index is 10.9. The van der Waals surface area contributed by atoms with Crippen LogP contribution in [0.5, 0.6) is 0 Å². The number of carbonyl (C=O) groups is 1. The second-order valence-corrected chi connectivity index (χ2v) is 5.88. The van der Waals surface area contributed by atoms with E-state index in [1.165, 1.54) is 11.3 Å². The molecule has 0 radical (unpaired) electrons. The number of ether oxygens (including phenoxy) is 1. The molecule has 0 spiro atoms. The van der Waals surface area contributed by atoms with E-state index in [0.717, 1.165) is 23.7 Å². The summed E-state index contributed by atoms with van der Waals surface area (Å²) in [7, 11) is 1.90. The van der Waals surface area contributed by atoms with Gasteiger partial charge in [0.15, 0.2) is 5.69 Å². The fourth-order valence-corrected chi connectivity index (χ4v) is 3.17. The predicted molar refractivity (Wildman–Crippen MR) is 76.3 cm³/mol. The molecule has 2 aromatic heterocycles. The monoisotopic (exact) mass is 308 g/mol. The van der Waals surface area contributed by atoms with Crippen molar-refractivity contribution in [3.63, 3.8) is 0 Å². The molecule has 1 aliphatic rings. The van der Waals surface area contributed by atoms with Crippen molar-refractivity contribution in [3.05, 3.63) is 34.0 Å². The number of aromatic carboxylic acids is 1. The van der Waals surface area contributed by atoms with Crippen LogP contribution in [-0.4, -0.2) is 50.4 Å². The molecule has 0 aliphatic carbocycles. The Bertz CT molecular complexity index is 639. The Labute approximate surface area is 125 Å². The van der Waals surface area contributed by atoms with Crippen LogP contribution in [0.2, 0.25) is 0 Å². The van der Waals surface area contributed by atoms with Gasteiger partial charge in [-0.05, 0) is 0 Å². The van der Waals surface area contributed by atoms with E-state index in [2.05, 4.69) is 15.0 Å². The number of hydrogen-bond acceptors (Lipinski definition) is 6. The molecule has 1 N–H and O–H groups in total. The number of hydrogen-bond donors (Lipinski definition) is 1. The zero-order valence-electron chi connectivity index (χ0n) is 11.6. The van der Waals surface area contributed by atoms with E-state index in [1.54, 1.807) is 10.1 Å². The maximum absolute atomic E-state index is 10.9. The summed E-state index contributed by atoms with van der Waals surface area (Å²) < 4.78 is 7.51. The Morgan fingerprint density at radius 1 is 1.62 bits per heavy atom. The molecule has 0 saturated carbocycles.